The van der Waals surface area contributed by atoms with Gasteiger partial charge in [0.15, 0.2) is 0 Å². The van der Waals surface area contributed by atoms with E-state index in [1.54, 1.807) is 7.11 Å². The molecule has 0 aromatic carbocycles. The Balaban J connectivity index is 2.32. The van der Waals surface area contributed by atoms with Crippen LogP contribution in [0.15, 0.2) is 27.6 Å². The molecule has 0 radical (unpaired) electrons. The van der Waals surface area contributed by atoms with Crippen molar-refractivity contribution in [2.75, 3.05) is 13.7 Å². The Morgan fingerprint density at radius 3 is 2.93 bits per heavy atom. The van der Waals surface area contributed by atoms with Crippen LogP contribution in [0.3, 0.4) is 0 Å². The predicted molar refractivity (Wildman–Crippen MR) is 59.2 cm³/mol. The molecule has 14 heavy (non-hydrogen) atoms. The van der Waals surface area contributed by atoms with Gasteiger partial charge in [-0.3, -0.25) is 0 Å². The number of methoxy groups -OCH3 is 1. The van der Waals surface area contributed by atoms with Crippen molar-refractivity contribution in [3.8, 4) is 0 Å². The molecule has 0 saturated carbocycles. The van der Waals surface area contributed by atoms with Gasteiger partial charge in [0, 0.05) is 18.1 Å². The lowest BCUT2D eigenvalue weighted by Crippen LogP contribution is -2.13. The molecule has 3 nitrogen and oxygen atoms in total. The third-order valence-electron chi connectivity index (χ3n) is 1.62. The third-order valence-corrected chi connectivity index (χ3v) is 1.90. The van der Waals surface area contributed by atoms with E-state index >= 15 is 0 Å². The van der Waals surface area contributed by atoms with Gasteiger partial charge in [-0.05, 0) is 12.1 Å². The van der Waals surface area contributed by atoms with Gasteiger partial charge in [0.1, 0.15) is 18.1 Å². The fraction of sp³-hybridized carbons (Fsp3) is 0.400. The number of ether oxygens (including phenoxy) is 1. The molecule has 4 heteroatoms. The summed E-state index contributed by atoms with van der Waals surface area (Å²) < 4.78 is 11.4. The predicted octanol–water partition coefficient (Wildman–Crippen LogP) is 2.42. The van der Waals surface area contributed by atoms with Crippen LogP contribution in [-0.4, -0.2) is 13.7 Å². The molecule has 1 rings (SSSR count). The van der Waals surface area contributed by atoms with E-state index in [0.717, 1.165) is 22.5 Å². The second-order valence-corrected chi connectivity index (χ2v) is 4.04. The summed E-state index contributed by atoms with van der Waals surface area (Å²) in [4.78, 5) is 0. The van der Waals surface area contributed by atoms with Gasteiger partial charge in [-0.15, -0.1) is 0 Å². The molecule has 1 aromatic rings. The average molecular weight is 260 g/mol. The summed E-state index contributed by atoms with van der Waals surface area (Å²) in [5, 5.41) is 3.18. The van der Waals surface area contributed by atoms with Gasteiger partial charge in [-0.2, -0.15) is 0 Å². The van der Waals surface area contributed by atoms with Crippen molar-refractivity contribution in [2.24, 2.45) is 0 Å². The van der Waals surface area contributed by atoms with Crippen molar-refractivity contribution in [1.82, 2.24) is 5.32 Å². The SMILES string of the molecule is C=C(Br)CNCc1ccc(COC)o1. The number of hydrogen-bond donors (Lipinski definition) is 1. The van der Waals surface area contributed by atoms with Crippen LogP contribution < -0.4 is 5.32 Å². The van der Waals surface area contributed by atoms with E-state index in [9.17, 15) is 0 Å². The second-order valence-electron chi connectivity index (χ2n) is 2.92. The number of nitrogens with one attached hydrogen (secondary N) is 1. The molecule has 1 N–H and O–H groups in total. The summed E-state index contributed by atoms with van der Waals surface area (Å²) in [5.41, 5.74) is 0. The summed E-state index contributed by atoms with van der Waals surface area (Å²) in [5.74, 6) is 1.76. The molecule has 0 aliphatic carbocycles. The first-order valence-corrected chi connectivity index (χ1v) is 5.12. The highest BCUT2D eigenvalue weighted by atomic mass is 79.9. The fourth-order valence-corrected chi connectivity index (χ4v) is 1.26. The minimum atomic E-state index is 0.519. The molecule has 0 bridgehead atoms. The molecule has 0 saturated heterocycles. The molecule has 1 aromatic heterocycles. The van der Waals surface area contributed by atoms with Crippen molar-refractivity contribution >= 4 is 15.9 Å². The molecule has 0 amide bonds. The van der Waals surface area contributed by atoms with Crippen molar-refractivity contribution in [1.29, 1.82) is 0 Å². The highest BCUT2D eigenvalue weighted by Gasteiger charge is 2.00. The normalized spacial score (nSPS) is 10.4. The number of furan rings is 1. The van der Waals surface area contributed by atoms with Crippen LogP contribution >= 0.6 is 15.9 Å². The standard InChI is InChI=1S/C10H14BrNO2/c1-8(11)5-12-6-9-3-4-10(14-9)7-13-2/h3-4,12H,1,5-7H2,2H3. The van der Waals surface area contributed by atoms with Gasteiger partial charge >= 0.3 is 0 Å². The molecule has 0 fully saturated rings. The second kappa shape index (κ2) is 6.01. The third kappa shape index (κ3) is 4.09. The number of halogens is 1. The first-order valence-electron chi connectivity index (χ1n) is 4.33. The smallest absolute Gasteiger partial charge is 0.129 e. The summed E-state index contributed by atoms with van der Waals surface area (Å²) >= 11 is 3.27. The van der Waals surface area contributed by atoms with Gasteiger partial charge < -0.3 is 14.5 Å². The Morgan fingerprint density at radius 2 is 2.29 bits per heavy atom. The minimum absolute atomic E-state index is 0.519. The van der Waals surface area contributed by atoms with E-state index in [-0.39, 0.29) is 0 Å². The minimum Gasteiger partial charge on any atom is -0.462 e. The van der Waals surface area contributed by atoms with Gasteiger partial charge in [-0.25, -0.2) is 0 Å². The topological polar surface area (TPSA) is 34.4 Å². The van der Waals surface area contributed by atoms with Crippen molar-refractivity contribution in [2.45, 2.75) is 13.2 Å². The maximum atomic E-state index is 5.47. The zero-order valence-electron chi connectivity index (χ0n) is 8.18. The number of rotatable bonds is 6. The quantitative estimate of drug-likeness (QED) is 0.853. The Bertz CT molecular complexity index is 296. The Hall–Kier alpha value is -0.580. The van der Waals surface area contributed by atoms with E-state index in [2.05, 4.69) is 27.8 Å². The Morgan fingerprint density at radius 1 is 1.57 bits per heavy atom. The maximum Gasteiger partial charge on any atom is 0.129 e. The van der Waals surface area contributed by atoms with E-state index in [4.69, 9.17) is 9.15 Å². The highest BCUT2D eigenvalue weighted by Crippen LogP contribution is 2.08. The van der Waals surface area contributed by atoms with Gasteiger partial charge in [0.25, 0.3) is 0 Å². The fourth-order valence-electron chi connectivity index (χ4n) is 1.06. The summed E-state index contributed by atoms with van der Waals surface area (Å²) in [6, 6.07) is 3.86. The summed E-state index contributed by atoms with van der Waals surface area (Å²) in [7, 11) is 1.65. The molecular formula is C10H14BrNO2. The van der Waals surface area contributed by atoms with Gasteiger partial charge in [0.05, 0.1) is 6.54 Å². The summed E-state index contributed by atoms with van der Waals surface area (Å²) in [6.45, 7) is 5.68. The molecular weight excluding hydrogens is 246 g/mol. The van der Waals surface area contributed by atoms with Gasteiger partial charge in [0.2, 0.25) is 0 Å². The van der Waals surface area contributed by atoms with E-state index in [0.29, 0.717) is 13.2 Å². The molecule has 1 heterocycles. The van der Waals surface area contributed by atoms with Gasteiger partial charge in [-0.1, -0.05) is 22.5 Å². The van der Waals surface area contributed by atoms with E-state index in [1.807, 2.05) is 12.1 Å². The van der Waals surface area contributed by atoms with Crippen LogP contribution in [-0.2, 0) is 17.9 Å². The first kappa shape index (κ1) is 11.5. The van der Waals surface area contributed by atoms with Crippen molar-refractivity contribution < 1.29 is 9.15 Å². The lowest BCUT2D eigenvalue weighted by atomic mass is 10.4. The van der Waals surface area contributed by atoms with Crippen LogP contribution in [0.1, 0.15) is 11.5 Å². The zero-order valence-corrected chi connectivity index (χ0v) is 9.76. The average Bonchev–Trinajstić information content (AvgIpc) is 2.53. The van der Waals surface area contributed by atoms with Crippen molar-refractivity contribution in [3.05, 3.63) is 34.7 Å². The lowest BCUT2D eigenvalue weighted by molar-refractivity contribution is 0.162. The zero-order chi connectivity index (χ0) is 10.4. The Kier molecular flexibility index (Phi) is 4.93. The molecule has 78 valence electrons. The van der Waals surface area contributed by atoms with Crippen LogP contribution in [0.25, 0.3) is 0 Å². The maximum absolute atomic E-state index is 5.47. The van der Waals surface area contributed by atoms with Crippen LogP contribution in [0.5, 0.6) is 0 Å². The first-order chi connectivity index (χ1) is 6.72. The molecule has 0 aliphatic rings. The van der Waals surface area contributed by atoms with Crippen LogP contribution in [0.4, 0.5) is 0 Å². The van der Waals surface area contributed by atoms with Crippen LogP contribution in [0, 0.1) is 0 Å². The van der Waals surface area contributed by atoms with E-state index in [1.165, 1.54) is 0 Å². The van der Waals surface area contributed by atoms with Crippen LogP contribution in [0.2, 0.25) is 0 Å². The van der Waals surface area contributed by atoms with E-state index < -0.39 is 0 Å². The van der Waals surface area contributed by atoms with Crippen molar-refractivity contribution in [3.63, 3.8) is 0 Å². The molecule has 0 aliphatic heterocycles. The Labute approximate surface area is 92.3 Å². The number of hydrogen-bond acceptors (Lipinski definition) is 3. The molecule has 0 unspecified atom stereocenters. The lowest BCUT2D eigenvalue weighted by Gasteiger charge is -2.00. The largest absolute Gasteiger partial charge is 0.462 e. The molecule has 0 spiro atoms. The monoisotopic (exact) mass is 259 g/mol. The summed E-state index contributed by atoms with van der Waals surface area (Å²) in [6.07, 6.45) is 0. The highest BCUT2D eigenvalue weighted by molar-refractivity contribution is 9.11. The molecule has 0 atom stereocenters.